The third-order valence-electron chi connectivity index (χ3n) is 13.3. The van der Waals surface area contributed by atoms with Gasteiger partial charge in [-0.1, -0.05) is 253 Å². The van der Waals surface area contributed by atoms with Gasteiger partial charge in [0.25, 0.3) is 0 Å². The number of carbonyl (C=O) groups is 3. The summed E-state index contributed by atoms with van der Waals surface area (Å²) >= 11 is 0. The van der Waals surface area contributed by atoms with E-state index in [2.05, 4.69) is 118 Å². The monoisotopic (exact) mass is 1030 g/mol. The minimum Gasteiger partial charge on any atom is -0.462 e. The summed E-state index contributed by atoms with van der Waals surface area (Å²) in [5.74, 6) is -0.899. The third kappa shape index (κ3) is 59.2. The van der Waals surface area contributed by atoms with Crippen molar-refractivity contribution in [3.8, 4) is 0 Å². The molecule has 0 N–H and O–H groups in total. The van der Waals surface area contributed by atoms with E-state index in [0.29, 0.717) is 19.3 Å². The van der Waals surface area contributed by atoms with Crippen LogP contribution in [0.15, 0.2) is 97.2 Å². The summed E-state index contributed by atoms with van der Waals surface area (Å²) in [6.45, 7) is 6.50. The highest BCUT2D eigenvalue weighted by Gasteiger charge is 2.19. The van der Waals surface area contributed by atoms with Crippen molar-refractivity contribution < 1.29 is 28.6 Å². The Labute approximate surface area is 457 Å². The number of hydrogen-bond donors (Lipinski definition) is 0. The van der Waals surface area contributed by atoms with Gasteiger partial charge in [-0.15, -0.1) is 0 Å². The van der Waals surface area contributed by atoms with Gasteiger partial charge in [-0.25, -0.2) is 0 Å². The Kier molecular flexibility index (Phi) is 58.8. The zero-order chi connectivity index (χ0) is 53.6. The molecule has 0 bridgehead atoms. The Hall–Kier alpha value is -3.67. The van der Waals surface area contributed by atoms with E-state index < -0.39 is 6.10 Å². The molecule has 0 aliphatic carbocycles. The largest absolute Gasteiger partial charge is 0.462 e. The lowest BCUT2D eigenvalue weighted by Gasteiger charge is -2.18. The predicted octanol–water partition coefficient (Wildman–Crippen LogP) is 21.3. The van der Waals surface area contributed by atoms with E-state index in [0.717, 1.165) is 109 Å². The van der Waals surface area contributed by atoms with Gasteiger partial charge in [-0.2, -0.15) is 0 Å². The number of esters is 3. The first-order valence-corrected chi connectivity index (χ1v) is 31.2. The lowest BCUT2D eigenvalue weighted by Crippen LogP contribution is -2.30. The van der Waals surface area contributed by atoms with Gasteiger partial charge in [0.15, 0.2) is 6.10 Å². The number of hydrogen-bond acceptors (Lipinski definition) is 6. The Morgan fingerprint density at radius 1 is 0.284 bits per heavy atom. The Morgan fingerprint density at radius 3 is 0.865 bits per heavy atom. The maximum atomic E-state index is 12.9. The molecule has 0 saturated heterocycles. The summed E-state index contributed by atoms with van der Waals surface area (Å²) in [4.78, 5) is 38.2. The summed E-state index contributed by atoms with van der Waals surface area (Å²) in [7, 11) is 0. The van der Waals surface area contributed by atoms with Crippen molar-refractivity contribution in [3.63, 3.8) is 0 Å². The maximum absolute atomic E-state index is 12.9. The smallest absolute Gasteiger partial charge is 0.306 e. The van der Waals surface area contributed by atoms with Crippen molar-refractivity contribution in [3.05, 3.63) is 97.2 Å². The molecule has 0 aromatic heterocycles. The van der Waals surface area contributed by atoms with E-state index in [1.165, 1.54) is 148 Å². The molecule has 0 rings (SSSR count). The van der Waals surface area contributed by atoms with Crippen LogP contribution in [0.4, 0.5) is 0 Å². The third-order valence-corrected chi connectivity index (χ3v) is 13.3. The molecule has 0 radical (unpaired) electrons. The average Bonchev–Trinajstić information content (AvgIpc) is 3.40. The van der Waals surface area contributed by atoms with Crippen LogP contribution < -0.4 is 0 Å². The van der Waals surface area contributed by atoms with Gasteiger partial charge < -0.3 is 14.2 Å². The molecule has 0 spiro atoms. The van der Waals surface area contributed by atoms with Gasteiger partial charge in [0.1, 0.15) is 13.2 Å². The Bertz CT molecular complexity index is 1460. The first-order chi connectivity index (χ1) is 36.5. The van der Waals surface area contributed by atoms with E-state index in [4.69, 9.17) is 14.2 Å². The zero-order valence-corrected chi connectivity index (χ0v) is 48.6. The normalized spacial score (nSPS) is 12.7. The lowest BCUT2D eigenvalue weighted by atomic mass is 10.1. The summed E-state index contributed by atoms with van der Waals surface area (Å²) in [6.07, 6.45) is 82.6. The minimum atomic E-state index is -0.787. The molecule has 0 fully saturated rings. The summed E-state index contributed by atoms with van der Waals surface area (Å²) in [6, 6.07) is 0. The maximum Gasteiger partial charge on any atom is 0.306 e. The topological polar surface area (TPSA) is 78.9 Å². The highest BCUT2D eigenvalue weighted by Crippen LogP contribution is 2.15. The molecule has 0 aliphatic heterocycles. The van der Waals surface area contributed by atoms with Crippen molar-refractivity contribution in [2.75, 3.05) is 13.2 Å². The van der Waals surface area contributed by atoms with Crippen molar-refractivity contribution in [1.82, 2.24) is 0 Å². The van der Waals surface area contributed by atoms with E-state index in [-0.39, 0.29) is 31.1 Å². The lowest BCUT2D eigenvalue weighted by molar-refractivity contribution is -0.167. The molecule has 0 aromatic carbocycles. The van der Waals surface area contributed by atoms with Crippen molar-refractivity contribution in [2.24, 2.45) is 0 Å². The Morgan fingerprint density at radius 2 is 0.527 bits per heavy atom. The molecule has 1 atom stereocenters. The number of rotatable bonds is 56. The van der Waals surface area contributed by atoms with Crippen LogP contribution in [0.2, 0.25) is 0 Å². The first-order valence-electron chi connectivity index (χ1n) is 31.2. The predicted molar refractivity (Wildman–Crippen MR) is 320 cm³/mol. The molecule has 6 nitrogen and oxygen atoms in total. The molecule has 0 saturated carbocycles. The van der Waals surface area contributed by atoms with Crippen LogP contribution in [0.5, 0.6) is 0 Å². The van der Waals surface area contributed by atoms with Crippen LogP contribution in [-0.4, -0.2) is 37.2 Å². The highest BCUT2D eigenvalue weighted by molar-refractivity contribution is 5.71. The van der Waals surface area contributed by atoms with E-state index >= 15 is 0 Å². The van der Waals surface area contributed by atoms with Crippen LogP contribution >= 0.6 is 0 Å². The van der Waals surface area contributed by atoms with Crippen LogP contribution in [0.3, 0.4) is 0 Å². The van der Waals surface area contributed by atoms with Crippen molar-refractivity contribution >= 4 is 17.9 Å². The minimum absolute atomic E-state index is 0.0852. The molecule has 0 amide bonds. The molecule has 0 aromatic rings. The second kappa shape index (κ2) is 61.9. The van der Waals surface area contributed by atoms with E-state index in [1.807, 2.05) is 0 Å². The molecular weight excluding hydrogens is 913 g/mol. The van der Waals surface area contributed by atoms with Crippen molar-refractivity contribution in [2.45, 2.75) is 303 Å². The molecule has 6 heteroatoms. The quantitative estimate of drug-likeness (QED) is 0.0261. The van der Waals surface area contributed by atoms with Crippen LogP contribution in [0.25, 0.3) is 0 Å². The van der Waals surface area contributed by atoms with Crippen LogP contribution in [0.1, 0.15) is 297 Å². The average molecular weight is 1030 g/mol. The first kappa shape index (κ1) is 70.3. The molecule has 0 aliphatic rings. The highest BCUT2D eigenvalue weighted by atomic mass is 16.6. The van der Waals surface area contributed by atoms with Gasteiger partial charge in [0, 0.05) is 19.3 Å². The Balaban J connectivity index is 4.32. The molecule has 1 unspecified atom stereocenters. The fourth-order valence-electron chi connectivity index (χ4n) is 8.61. The van der Waals surface area contributed by atoms with Crippen LogP contribution in [0, 0.1) is 0 Å². The summed E-state index contributed by atoms with van der Waals surface area (Å²) < 4.78 is 16.9. The fraction of sp³-hybridized carbons (Fsp3) is 0.721. The van der Waals surface area contributed by atoms with Gasteiger partial charge in [0.2, 0.25) is 0 Å². The number of allylic oxidation sites excluding steroid dienone is 16. The standard InChI is InChI=1S/C68H116O6/c1-4-7-10-13-16-19-22-25-27-29-30-31-32-33-34-35-36-37-38-40-41-43-46-49-52-55-58-61-67(70)73-64-65(63-72-66(69)60-57-54-51-48-45-24-21-18-15-12-9-6-3)74-68(71)62-59-56-53-50-47-44-42-39-28-26-23-20-17-14-11-8-5-2/h7,10,16,18-19,21,25-28,30-31,33-34,36-37,65H,4-6,8-9,11-15,17,20,22-24,29,32,35,38-64H2,1-3H3/b10-7-,19-16-,21-18-,27-25-,28-26-,31-30-,34-33-,37-36-. The van der Waals surface area contributed by atoms with Gasteiger partial charge in [-0.3, -0.25) is 14.4 Å². The van der Waals surface area contributed by atoms with E-state index in [9.17, 15) is 14.4 Å². The van der Waals surface area contributed by atoms with Gasteiger partial charge in [-0.05, 0) is 122 Å². The second-order valence-corrected chi connectivity index (χ2v) is 20.6. The fourth-order valence-corrected chi connectivity index (χ4v) is 8.61. The molecule has 424 valence electrons. The SMILES string of the molecule is CC/C=C\C/C=C\C/C=C\C/C=C\C/C=C\C/C=C\CCCCCCCCCCC(=O)OCC(COC(=O)CCCCCCC/C=C\CCCCC)OC(=O)CCCCCCCCC/C=C\CCCCCCCC. The van der Waals surface area contributed by atoms with Gasteiger partial charge >= 0.3 is 17.9 Å². The van der Waals surface area contributed by atoms with Gasteiger partial charge in [0.05, 0.1) is 0 Å². The number of carbonyl (C=O) groups excluding carboxylic acids is 3. The molecule has 74 heavy (non-hydrogen) atoms. The van der Waals surface area contributed by atoms with E-state index in [1.54, 1.807) is 0 Å². The number of ether oxygens (including phenoxy) is 3. The second-order valence-electron chi connectivity index (χ2n) is 20.6. The number of unbranched alkanes of at least 4 members (excludes halogenated alkanes) is 29. The molecule has 0 heterocycles. The molecular formula is C68H116O6. The van der Waals surface area contributed by atoms with Crippen LogP contribution in [-0.2, 0) is 28.6 Å². The van der Waals surface area contributed by atoms with Crippen molar-refractivity contribution in [1.29, 1.82) is 0 Å². The summed E-state index contributed by atoms with van der Waals surface area (Å²) in [5, 5.41) is 0. The summed E-state index contributed by atoms with van der Waals surface area (Å²) in [5.41, 5.74) is 0. The zero-order valence-electron chi connectivity index (χ0n) is 48.6.